The zero-order chi connectivity index (χ0) is 44.1. The number of esters is 5. The van der Waals surface area contributed by atoms with E-state index < -0.39 is 64.9 Å². The average molecular weight is 821 g/mol. The van der Waals surface area contributed by atoms with E-state index in [0.717, 1.165) is 10.5 Å². The van der Waals surface area contributed by atoms with E-state index in [9.17, 15) is 33.6 Å². The van der Waals surface area contributed by atoms with Crippen molar-refractivity contribution in [2.75, 3.05) is 33.5 Å². The Kier molecular flexibility index (Phi) is 19.8. The summed E-state index contributed by atoms with van der Waals surface area (Å²) in [6.07, 6.45) is -1.86. The highest BCUT2D eigenvalue weighted by molar-refractivity contribution is 6.09. The third-order valence-corrected chi connectivity index (χ3v) is 8.29. The summed E-state index contributed by atoms with van der Waals surface area (Å²) in [4.78, 5) is 90.2. The van der Waals surface area contributed by atoms with Gasteiger partial charge in [0.05, 0.1) is 26.4 Å². The summed E-state index contributed by atoms with van der Waals surface area (Å²) in [7, 11) is 1.28. The van der Waals surface area contributed by atoms with Crippen LogP contribution >= 0.6 is 0 Å². The van der Waals surface area contributed by atoms with Crippen molar-refractivity contribution in [3.8, 4) is 0 Å². The van der Waals surface area contributed by atoms with Gasteiger partial charge in [0, 0.05) is 19.9 Å². The van der Waals surface area contributed by atoms with Crippen LogP contribution in [0.25, 0.3) is 0 Å². The van der Waals surface area contributed by atoms with E-state index in [1.807, 2.05) is 6.07 Å². The van der Waals surface area contributed by atoms with Crippen LogP contribution in [0, 0.1) is 0 Å². The number of nitrogens with zero attached hydrogens (tertiary/aromatic N) is 1. The fraction of sp³-hybridized carbons (Fsp3) is 0.432. The summed E-state index contributed by atoms with van der Waals surface area (Å²) in [5.74, 6) is -5.20. The number of alkyl carbamates (subject to hydrolysis) is 1. The van der Waals surface area contributed by atoms with Gasteiger partial charge in [-0.1, -0.05) is 91.0 Å². The van der Waals surface area contributed by atoms with Crippen LogP contribution in [-0.4, -0.2) is 96.9 Å². The van der Waals surface area contributed by atoms with E-state index in [-0.39, 0.29) is 45.9 Å². The predicted octanol–water partition coefficient (Wildman–Crippen LogP) is 5.30. The average Bonchev–Trinajstić information content (AvgIpc) is 3.19. The van der Waals surface area contributed by atoms with Crippen molar-refractivity contribution >= 4 is 41.8 Å². The van der Waals surface area contributed by atoms with Gasteiger partial charge in [0.1, 0.15) is 18.6 Å². The van der Waals surface area contributed by atoms with Gasteiger partial charge in [-0.05, 0) is 65.2 Å². The molecule has 0 aromatic heterocycles. The molecule has 2 amide bonds. The topological polar surface area (TPSA) is 190 Å². The number of likely N-dealkylation sites (N-methyl/N-ethyl adjacent to an activating group) is 1. The molecule has 0 aliphatic heterocycles. The number of ether oxygens (including phenoxy) is 6. The maximum atomic E-state index is 13.1. The van der Waals surface area contributed by atoms with Crippen molar-refractivity contribution in [3.05, 3.63) is 108 Å². The quantitative estimate of drug-likeness (QED) is 0.0989. The molecule has 15 nitrogen and oxygen atoms in total. The lowest BCUT2D eigenvalue weighted by Gasteiger charge is -2.37. The fourth-order valence-electron chi connectivity index (χ4n) is 5.52. The molecule has 1 N–H and O–H groups in total. The maximum Gasteiger partial charge on any atom is 0.409 e. The van der Waals surface area contributed by atoms with Gasteiger partial charge in [-0.15, -0.1) is 0 Å². The fourth-order valence-corrected chi connectivity index (χ4v) is 5.52. The second kappa shape index (κ2) is 23.9. The van der Waals surface area contributed by atoms with Crippen molar-refractivity contribution in [3.63, 3.8) is 0 Å². The Morgan fingerprint density at radius 2 is 0.932 bits per heavy atom. The van der Waals surface area contributed by atoms with Crippen LogP contribution in [0.1, 0.15) is 71.6 Å². The highest BCUT2D eigenvalue weighted by Gasteiger charge is 2.55. The number of rotatable bonds is 18. The standard InChI is InChI=1S/C25H29NO7.C19H27NO6/c1-4-31-23(29)25(24(30)32-5-2,17-19-12-8-6-9-13-19)26(3)21(27)16-22(28)33-18-20-14-10-7-11-15-20;1-6-24-15(21)19(16(22)25-7-2,13-14-11-9-8-10-12-14)20-17(23)26-18(3,4)5/h6-15H,4-5,16-18H2,1-3H3;8-12H,6-7,13H2,1-5H3,(H,20,23). The molecule has 0 bridgehead atoms. The maximum absolute atomic E-state index is 13.1. The highest BCUT2D eigenvalue weighted by Crippen LogP contribution is 2.26. The Morgan fingerprint density at radius 1 is 0.542 bits per heavy atom. The van der Waals surface area contributed by atoms with E-state index in [2.05, 4.69) is 5.32 Å². The molecule has 0 atom stereocenters. The van der Waals surface area contributed by atoms with Gasteiger partial charge in [0.2, 0.25) is 17.0 Å². The van der Waals surface area contributed by atoms with Crippen LogP contribution in [0.2, 0.25) is 0 Å². The van der Waals surface area contributed by atoms with Crippen molar-refractivity contribution in [2.24, 2.45) is 0 Å². The number of hydrogen-bond donors (Lipinski definition) is 1. The molecule has 0 fully saturated rings. The van der Waals surface area contributed by atoms with Crippen LogP contribution in [0.3, 0.4) is 0 Å². The SMILES string of the molecule is CCOC(=O)C(Cc1ccccc1)(C(=O)OCC)N(C)C(=O)CC(=O)OCc1ccccc1.CCOC(=O)C(Cc1ccccc1)(NC(=O)OC(C)(C)C)C(=O)OCC. The molecular weight excluding hydrogens is 764 g/mol. The van der Waals surface area contributed by atoms with Gasteiger partial charge in [-0.2, -0.15) is 0 Å². The third kappa shape index (κ3) is 14.9. The van der Waals surface area contributed by atoms with Gasteiger partial charge in [0.25, 0.3) is 0 Å². The summed E-state index contributed by atoms with van der Waals surface area (Å²) in [6.45, 7) is 11.6. The Labute approximate surface area is 345 Å². The van der Waals surface area contributed by atoms with Crippen molar-refractivity contribution in [2.45, 2.75) is 91.0 Å². The number of amides is 2. The molecule has 15 heteroatoms. The summed E-state index contributed by atoms with van der Waals surface area (Å²) < 4.78 is 30.9. The van der Waals surface area contributed by atoms with Crippen LogP contribution < -0.4 is 5.32 Å². The van der Waals surface area contributed by atoms with E-state index in [4.69, 9.17) is 28.4 Å². The van der Waals surface area contributed by atoms with Crippen LogP contribution in [0.15, 0.2) is 91.0 Å². The molecule has 0 unspecified atom stereocenters. The number of benzene rings is 3. The summed E-state index contributed by atoms with van der Waals surface area (Å²) >= 11 is 0. The Morgan fingerprint density at radius 3 is 1.34 bits per heavy atom. The van der Waals surface area contributed by atoms with E-state index >= 15 is 0 Å². The second-order valence-electron chi connectivity index (χ2n) is 13.9. The first-order valence-electron chi connectivity index (χ1n) is 19.2. The minimum absolute atomic E-state index is 0.00157. The number of hydrogen-bond acceptors (Lipinski definition) is 13. The molecule has 3 aromatic carbocycles. The molecule has 320 valence electrons. The molecule has 0 aliphatic carbocycles. The molecule has 0 saturated carbocycles. The molecule has 0 saturated heterocycles. The monoisotopic (exact) mass is 820 g/mol. The molecular formula is C44H56N2O13. The van der Waals surface area contributed by atoms with E-state index in [1.165, 1.54) is 7.05 Å². The Hall–Kier alpha value is -6.25. The summed E-state index contributed by atoms with van der Waals surface area (Å²) in [6, 6.07) is 26.6. The predicted molar refractivity (Wildman–Crippen MR) is 215 cm³/mol. The molecule has 3 rings (SSSR count). The van der Waals surface area contributed by atoms with E-state index in [0.29, 0.717) is 11.1 Å². The first-order chi connectivity index (χ1) is 28.0. The molecule has 3 aromatic rings. The lowest BCUT2D eigenvalue weighted by Crippen LogP contribution is -2.63. The molecule has 0 heterocycles. The Balaban J connectivity index is 0.000000419. The second-order valence-corrected chi connectivity index (χ2v) is 13.9. The van der Waals surface area contributed by atoms with Crippen LogP contribution in [0.5, 0.6) is 0 Å². The zero-order valence-corrected chi connectivity index (χ0v) is 35.1. The van der Waals surface area contributed by atoms with Crippen molar-refractivity contribution in [1.82, 2.24) is 10.2 Å². The van der Waals surface area contributed by atoms with Crippen LogP contribution in [-0.2, 0) is 76.6 Å². The number of carbonyl (C=O) groups excluding carboxylic acids is 7. The normalized spacial score (nSPS) is 11.1. The van der Waals surface area contributed by atoms with Crippen molar-refractivity contribution in [1.29, 1.82) is 0 Å². The van der Waals surface area contributed by atoms with E-state index in [1.54, 1.807) is 133 Å². The lowest BCUT2D eigenvalue weighted by molar-refractivity contribution is -0.179. The van der Waals surface area contributed by atoms with Gasteiger partial charge >= 0.3 is 35.9 Å². The van der Waals surface area contributed by atoms with Gasteiger partial charge in [-0.25, -0.2) is 24.0 Å². The van der Waals surface area contributed by atoms with Gasteiger partial charge < -0.3 is 33.3 Å². The first kappa shape index (κ1) is 48.9. The molecule has 59 heavy (non-hydrogen) atoms. The first-order valence-corrected chi connectivity index (χ1v) is 19.2. The molecule has 0 radical (unpaired) electrons. The zero-order valence-electron chi connectivity index (χ0n) is 35.1. The number of carbonyl (C=O) groups is 7. The molecule has 0 spiro atoms. The minimum atomic E-state index is -2.09. The smallest absolute Gasteiger partial charge is 0.409 e. The van der Waals surface area contributed by atoms with Gasteiger partial charge in [0.15, 0.2) is 0 Å². The summed E-state index contributed by atoms with van der Waals surface area (Å²) in [5, 5.41) is 2.39. The highest BCUT2D eigenvalue weighted by atomic mass is 16.6. The van der Waals surface area contributed by atoms with Crippen LogP contribution in [0.4, 0.5) is 4.79 Å². The Bertz CT molecular complexity index is 1790. The lowest BCUT2D eigenvalue weighted by atomic mass is 9.88. The minimum Gasteiger partial charge on any atom is -0.464 e. The van der Waals surface area contributed by atoms with Gasteiger partial charge in [-0.3, -0.25) is 14.9 Å². The molecule has 0 aliphatic rings. The van der Waals surface area contributed by atoms with Crippen molar-refractivity contribution < 1.29 is 62.0 Å². The third-order valence-electron chi connectivity index (χ3n) is 8.29. The summed E-state index contributed by atoms with van der Waals surface area (Å²) in [5.41, 5.74) is -2.89. The number of nitrogens with one attached hydrogen (secondary N) is 1. The largest absolute Gasteiger partial charge is 0.464 e.